The summed E-state index contributed by atoms with van der Waals surface area (Å²) < 4.78 is 1.76. The first kappa shape index (κ1) is 19.6. The molecule has 34 heavy (non-hydrogen) atoms. The van der Waals surface area contributed by atoms with Gasteiger partial charge in [-0.2, -0.15) is 10.4 Å². The number of benzene rings is 1. The lowest BCUT2D eigenvalue weighted by molar-refractivity contribution is 0.906. The number of anilines is 1. The van der Waals surface area contributed by atoms with E-state index in [-0.39, 0.29) is 0 Å². The Morgan fingerprint density at radius 1 is 1.06 bits per heavy atom. The molecule has 0 aliphatic rings. The van der Waals surface area contributed by atoms with Gasteiger partial charge in [0.15, 0.2) is 0 Å². The molecule has 0 unspecified atom stereocenters. The van der Waals surface area contributed by atoms with Crippen LogP contribution in [0.3, 0.4) is 0 Å². The maximum atomic E-state index is 9.69. The minimum absolute atomic E-state index is 0.316. The predicted octanol–water partition coefficient (Wildman–Crippen LogP) is 3.77. The highest BCUT2D eigenvalue weighted by Crippen LogP contribution is 2.34. The lowest BCUT2D eigenvalue weighted by atomic mass is 10.0. The van der Waals surface area contributed by atoms with Crippen LogP contribution in [0.5, 0.6) is 0 Å². The van der Waals surface area contributed by atoms with E-state index in [4.69, 9.17) is 15.8 Å². The molecule has 6 rings (SSSR count). The summed E-state index contributed by atoms with van der Waals surface area (Å²) in [5, 5.41) is 14.6. The van der Waals surface area contributed by atoms with Crippen molar-refractivity contribution in [3.8, 4) is 28.7 Å². The Labute approximate surface area is 193 Å². The van der Waals surface area contributed by atoms with Crippen molar-refractivity contribution in [3.63, 3.8) is 0 Å². The molecule has 0 radical (unpaired) electrons. The van der Waals surface area contributed by atoms with Crippen molar-refractivity contribution in [1.82, 2.24) is 34.5 Å². The summed E-state index contributed by atoms with van der Waals surface area (Å²) in [7, 11) is 0. The van der Waals surface area contributed by atoms with Gasteiger partial charge in [0.05, 0.1) is 34.1 Å². The van der Waals surface area contributed by atoms with Gasteiger partial charge < -0.3 is 10.7 Å². The van der Waals surface area contributed by atoms with Gasteiger partial charge in [-0.25, -0.2) is 19.5 Å². The molecule has 0 fully saturated rings. The van der Waals surface area contributed by atoms with E-state index < -0.39 is 0 Å². The second-order valence-corrected chi connectivity index (χ2v) is 7.77. The number of rotatable bonds is 4. The first-order chi connectivity index (χ1) is 16.7. The summed E-state index contributed by atoms with van der Waals surface area (Å²) in [5.41, 5.74) is 13.7. The molecule has 0 aliphatic carbocycles. The second-order valence-electron chi connectivity index (χ2n) is 7.77. The van der Waals surface area contributed by atoms with Crippen LogP contribution in [0.2, 0.25) is 0 Å². The van der Waals surface area contributed by atoms with Crippen molar-refractivity contribution in [2.24, 2.45) is 0 Å². The van der Waals surface area contributed by atoms with Crippen molar-refractivity contribution in [2.45, 2.75) is 6.42 Å². The first-order valence-electron chi connectivity index (χ1n) is 10.6. The lowest BCUT2D eigenvalue weighted by Crippen LogP contribution is -2.06. The number of nitriles is 1. The molecule has 162 valence electrons. The molecule has 0 saturated heterocycles. The van der Waals surface area contributed by atoms with E-state index in [0.717, 1.165) is 22.3 Å². The number of pyridine rings is 1. The highest BCUT2D eigenvalue weighted by Gasteiger charge is 2.21. The first-order valence-corrected chi connectivity index (χ1v) is 10.6. The second kappa shape index (κ2) is 7.79. The van der Waals surface area contributed by atoms with E-state index in [1.165, 1.54) is 6.33 Å². The summed E-state index contributed by atoms with van der Waals surface area (Å²) in [6.07, 6.45) is 7.41. The van der Waals surface area contributed by atoms with Crippen LogP contribution in [0.4, 0.5) is 5.82 Å². The third-order valence-corrected chi connectivity index (χ3v) is 5.70. The van der Waals surface area contributed by atoms with E-state index in [1.54, 1.807) is 29.0 Å². The van der Waals surface area contributed by atoms with Gasteiger partial charge in [0.2, 0.25) is 0 Å². The maximum absolute atomic E-state index is 9.69. The van der Waals surface area contributed by atoms with Crippen LogP contribution in [0.25, 0.3) is 39.2 Å². The van der Waals surface area contributed by atoms with Crippen LogP contribution in [0.1, 0.15) is 16.8 Å². The van der Waals surface area contributed by atoms with Crippen LogP contribution in [0, 0.1) is 11.3 Å². The number of H-pyrrole nitrogens is 1. The number of nitrogen functional groups attached to an aromatic ring is 1. The number of hydrogen-bond acceptors (Lipinski definition) is 7. The van der Waals surface area contributed by atoms with Crippen molar-refractivity contribution >= 4 is 22.4 Å². The summed E-state index contributed by atoms with van der Waals surface area (Å²) in [6.45, 7) is 0. The monoisotopic (exact) mass is 443 g/mol. The van der Waals surface area contributed by atoms with Crippen LogP contribution in [-0.4, -0.2) is 34.5 Å². The largest absolute Gasteiger partial charge is 0.382 e. The Balaban J connectivity index is 1.59. The average molecular weight is 443 g/mol. The Morgan fingerprint density at radius 2 is 1.97 bits per heavy atom. The highest BCUT2D eigenvalue weighted by atomic mass is 15.3. The zero-order valence-electron chi connectivity index (χ0n) is 17.8. The fourth-order valence-corrected chi connectivity index (χ4v) is 4.18. The number of nitrogens with one attached hydrogen (secondary N) is 1. The minimum atomic E-state index is 0.316. The van der Waals surface area contributed by atoms with Crippen molar-refractivity contribution in [2.75, 3.05) is 5.73 Å². The van der Waals surface area contributed by atoms with Crippen molar-refractivity contribution in [1.29, 1.82) is 5.26 Å². The van der Waals surface area contributed by atoms with Crippen LogP contribution in [0.15, 0.2) is 73.4 Å². The Kier molecular flexibility index (Phi) is 4.49. The highest BCUT2D eigenvalue weighted by molar-refractivity contribution is 5.85. The Morgan fingerprint density at radius 3 is 2.82 bits per heavy atom. The molecule has 5 heterocycles. The predicted molar refractivity (Wildman–Crippen MR) is 127 cm³/mol. The van der Waals surface area contributed by atoms with Crippen LogP contribution in [-0.2, 0) is 6.42 Å². The molecular weight excluding hydrogens is 426 g/mol. The fourth-order valence-electron chi connectivity index (χ4n) is 4.18. The van der Waals surface area contributed by atoms with E-state index in [2.05, 4.69) is 26.0 Å². The standard InChI is InChI=1S/C25H17N9/c26-12-15-4-1-2-5-18(15)23-24(20-7-9-28-14-31-20)34-21(25(27)32-23)11-17(33-34)10-16-13-30-19-6-3-8-29-22(16)19/h1-9,11,13-14,30H,10H2,(H2,27,32). The molecule has 9 nitrogen and oxygen atoms in total. The topological polar surface area (TPSA) is 134 Å². The van der Waals surface area contributed by atoms with Gasteiger partial charge in [0.25, 0.3) is 0 Å². The molecule has 1 aromatic carbocycles. The van der Waals surface area contributed by atoms with Gasteiger partial charge in [-0.05, 0) is 30.3 Å². The molecule has 3 N–H and O–H groups in total. The quantitative estimate of drug-likeness (QED) is 0.423. The van der Waals surface area contributed by atoms with E-state index in [0.29, 0.717) is 46.0 Å². The van der Waals surface area contributed by atoms with Gasteiger partial charge in [0.1, 0.15) is 29.0 Å². The molecule has 0 bridgehead atoms. The van der Waals surface area contributed by atoms with E-state index in [9.17, 15) is 5.26 Å². The van der Waals surface area contributed by atoms with Gasteiger partial charge in [0, 0.05) is 36.1 Å². The molecule has 9 heteroatoms. The molecule has 0 aliphatic heterocycles. The van der Waals surface area contributed by atoms with Crippen LogP contribution >= 0.6 is 0 Å². The van der Waals surface area contributed by atoms with Gasteiger partial charge >= 0.3 is 0 Å². The summed E-state index contributed by atoms with van der Waals surface area (Å²) in [4.78, 5) is 20.9. The molecular formula is C25H17N9. The lowest BCUT2D eigenvalue weighted by Gasteiger charge is -2.13. The van der Waals surface area contributed by atoms with E-state index in [1.807, 2.05) is 42.6 Å². The molecule has 0 atom stereocenters. The summed E-state index contributed by atoms with van der Waals surface area (Å²) in [5.74, 6) is 0.316. The van der Waals surface area contributed by atoms with Gasteiger partial charge in [-0.3, -0.25) is 4.98 Å². The van der Waals surface area contributed by atoms with Crippen molar-refractivity contribution in [3.05, 3.63) is 90.3 Å². The molecule has 0 saturated carbocycles. The number of fused-ring (bicyclic) bond motifs is 2. The number of hydrogen-bond donors (Lipinski definition) is 2. The molecule has 0 spiro atoms. The zero-order chi connectivity index (χ0) is 23.1. The smallest absolute Gasteiger partial charge is 0.150 e. The minimum Gasteiger partial charge on any atom is -0.382 e. The molecule has 5 aromatic heterocycles. The normalized spacial score (nSPS) is 11.1. The number of aromatic nitrogens is 7. The summed E-state index contributed by atoms with van der Waals surface area (Å²) in [6, 6.07) is 17.1. The van der Waals surface area contributed by atoms with Crippen LogP contribution < -0.4 is 5.73 Å². The average Bonchev–Trinajstić information content (AvgIpc) is 3.49. The fraction of sp³-hybridized carbons (Fsp3) is 0.0400. The Bertz CT molecular complexity index is 1710. The number of aromatic amines is 1. The number of nitrogens with two attached hydrogens (primary N) is 1. The van der Waals surface area contributed by atoms with Gasteiger partial charge in [-0.1, -0.05) is 18.2 Å². The number of nitrogens with zero attached hydrogens (tertiary/aromatic N) is 7. The third-order valence-electron chi connectivity index (χ3n) is 5.70. The zero-order valence-corrected chi connectivity index (χ0v) is 17.8. The van der Waals surface area contributed by atoms with Crippen molar-refractivity contribution < 1.29 is 0 Å². The maximum Gasteiger partial charge on any atom is 0.150 e. The summed E-state index contributed by atoms with van der Waals surface area (Å²) >= 11 is 0. The Hall–Kier alpha value is -5.10. The SMILES string of the molecule is N#Cc1ccccc1-c1nc(N)c2cc(Cc3c[nH]c4cccnc34)nn2c1-c1ccncn1. The molecule has 0 amide bonds. The van der Waals surface area contributed by atoms with Gasteiger partial charge in [-0.15, -0.1) is 0 Å². The molecule has 6 aromatic rings. The third kappa shape index (κ3) is 3.13. The van der Waals surface area contributed by atoms with E-state index >= 15 is 0 Å².